The Morgan fingerprint density at radius 2 is 1.76 bits per heavy atom. The van der Waals surface area contributed by atoms with E-state index in [0.717, 1.165) is 11.1 Å². The lowest BCUT2D eigenvalue weighted by molar-refractivity contribution is -0.120. The Kier molecular flexibility index (Phi) is 5.78. The smallest absolute Gasteiger partial charge is 0.234 e. The van der Waals surface area contributed by atoms with E-state index in [-0.39, 0.29) is 18.5 Å². The topological polar surface area (TPSA) is 41.1 Å². The summed E-state index contributed by atoms with van der Waals surface area (Å²) in [6, 6.07) is 17.5. The molecule has 1 amide bonds. The van der Waals surface area contributed by atoms with Crippen molar-refractivity contribution in [2.45, 2.75) is 19.5 Å². The predicted octanol–water partition coefficient (Wildman–Crippen LogP) is 3.31. The van der Waals surface area contributed by atoms with Crippen molar-refractivity contribution in [3.8, 4) is 0 Å². The number of hydrogen-bond acceptors (Lipinski definition) is 2. The molecule has 0 aliphatic rings. The van der Waals surface area contributed by atoms with E-state index in [9.17, 15) is 4.79 Å². The highest BCUT2D eigenvalue weighted by molar-refractivity contribution is 6.31. The van der Waals surface area contributed by atoms with Crippen LogP contribution in [-0.4, -0.2) is 12.5 Å². The van der Waals surface area contributed by atoms with E-state index < -0.39 is 0 Å². The molecule has 2 rings (SSSR count). The van der Waals surface area contributed by atoms with Gasteiger partial charge in [0.25, 0.3) is 0 Å². The van der Waals surface area contributed by atoms with Crippen LogP contribution in [0.1, 0.15) is 24.1 Å². The number of hydrogen-bond donors (Lipinski definition) is 2. The summed E-state index contributed by atoms with van der Waals surface area (Å²) in [5, 5.41) is 6.78. The minimum absolute atomic E-state index is 0.0289. The van der Waals surface area contributed by atoms with E-state index in [1.807, 2.05) is 61.5 Å². The fourth-order valence-electron chi connectivity index (χ4n) is 2.04. The fourth-order valence-corrected chi connectivity index (χ4v) is 2.34. The molecular weight excluding hydrogens is 284 g/mol. The summed E-state index contributed by atoms with van der Waals surface area (Å²) in [4.78, 5) is 11.8. The van der Waals surface area contributed by atoms with Gasteiger partial charge < -0.3 is 10.6 Å². The largest absolute Gasteiger partial charge is 0.351 e. The second kappa shape index (κ2) is 7.81. The van der Waals surface area contributed by atoms with Crippen molar-refractivity contribution in [3.05, 3.63) is 70.7 Å². The van der Waals surface area contributed by atoms with Crippen molar-refractivity contribution >= 4 is 17.5 Å². The van der Waals surface area contributed by atoms with Gasteiger partial charge in [-0.1, -0.05) is 60.1 Å². The van der Waals surface area contributed by atoms with Gasteiger partial charge in [-0.05, 0) is 24.1 Å². The van der Waals surface area contributed by atoms with Crippen molar-refractivity contribution in [1.82, 2.24) is 10.6 Å². The zero-order valence-corrected chi connectivity index (χ0v) is 12.7. The Hall–Kier alpha value is -1.84. The molecule has 2 N–H and O–H groups in total. The summed E-state index contributed by atoms with van der Waals surface area (Å²) in [6.07, 6.45) is 0. The third-order valence-electron chi connectivity index (χ3n) is 3.27. The van der Waals surface area contributed by atoms with Gasteiger partial charge in [-0.2, -0.15) is 0 Å². The molecule has 0 heterocycles. The highest BCUT2D eigenvalue weighted by Gasteiger charge is 2.10. The zero-order valence-electron chi connectivity index (χ0n) is 12.0. The molecule has 21 heavy (non-hydrogen) atoms. The van der Waals surface area contributed by atoms with E-state index in [2.05, 4.69) is 10.6 Å². The van der Waals surface area contributed by atoms with E-state index in [1.54, 1.807) is 0 Å². The fraction of sp³-hybridized carbons (Fsp3) is 0.235. The number of benzene rings is 2. The molecule has 0 aromatic heterocycles. The standard InChI is InChI=1S/C17H19ClN2O/c1-13(15-9-5-6-10-16(15)18)19-12-17(21)20-11-14-7-3-2-4-8-14/h2-10,13,19H,11-12H2,1H3,(H,20,21)/t13-/m0/s1. The molecule has 0 fully saturated rings. The Morgan fingerprint density at radius 1 is 1.10 bits per heavy atom. The molecule has 0 aliphatic heterocycles. The van der Waals surface area contributed by atoms with Crippen molar-refractivity contribution < 1.29 is 4.79 Å². The Morgan fingerprint density at radius 3 is 2.48 bits per heavy atom. The van der Waals surface area contributed by atoms with Crippen molar-refractivity contribution in [1.29, 1.82) is 0 Å². The van der Waals surface area contributed by atoms with Gasteiger partial charge in [-0.25, -0.2) is 0 Å². The van der Waals surface area contributed by atoms with Crippen molar-refractivity contribution in [2.75, 3.05) is 6.54 Å². The van der Waals surface area contributed by atoms with E-state index >= 15 is 0 Å². The number of amides is 1. The Balaban J connectivity index is 1.77. The summed E-state index contributed by atoms with van der Waals surface area (Å²) >= 11 is 6.14. The molecule has 0 saturated heterocycles. The number of carbonyl (C=O) groups excluding carboxylic acids is 1. The average Bonchev–Trinajstić information content (AvgIpc) is 2.52. The van der Waals surface area contributed by atoms with Gasteiger partial charge in [-0.15, -0.1) is 0 Å². The minimum atomic E-state index is -0.0299. The first-order valence-corrected chi connectivity index (χ1v) is 7.33. The van der Waals surface area contributed by atoms with Crippen LogP contribution in [0.25, 0.3) is 0 Å². The second-order valence-corrected chi connectivity index (χ2v) is 5.29. The normalized spacial score (nSPS) is 11.9. The highest BCUT2D eigenvalue weighted by atomic mass is 35.5. The van der Waals surface area contributed by atoms with E-state index in [0.29, 0.717) is 11.6 Å². The second-order valence-electron chi connectivity index (χ2n) is 4.89. The monoisotopic (exact) mass is 302 g/mol. The maximum absolute atomic E-state index is 11.8. The van der Waals surface area contributed by atoms with Crippen LogP contribution in [0.5, 0.6) is 0 Å². The summed E-state index contributed by atoms with van der Waals surface area (Å²) in [5.74, 6) is -0.0299. The molecule has 0 spiro atoms. The van der Waals surface area contributed by atoms with Crippen LogP contribution < -0.4 is 10.6 Å². The Labute approximate surface area is 130 Å². The van der Waals surface area contributed by atoms with Crippen LogP contribution in [-0.2, 0) is 11.3 Å². The first kappa shape index (κ1) is 15.5. The van der Waals surface area contributed by atoms with Crippen LogP contribution in [0.3, 0.4) is 0 Å². The first-order valence-electron chi connectivity index (χ1n) is 6.95. The molecular formula is C17H19ClN2O. The van der Waals surface area contributed by atoms with Crippen molar-refractivity contribution in [3.63, 3.8) is 0 Å². The lowest BCUT2D eigenvalue weighted by Crippen LogP contribution is -2.34. The molecule has 1 atom stereocenters. The third-order valence-corrected chi connectivity index (χ3v) is 3.62. The van der Waals surface area contributed by atoms with Crippen LogP contribution >= 0.6 is 11.6 Å². The molecule has 4 heteroatoms. The number of carbonyl (C=O) groups is 1. The molecule has 0 unspecified atom stereocenters. The lowest BCUT2D eigenvalue weighted by atomic mass is 10.1. The molecule has 2 aromatic carbocycles. The van der Waals surface area contributed by atoms with Crippen molar-refractivity contribution in [2.24, 2.45) is 0 Å². The maximum atomic E-state index is 11.8. The highest BCUT2D eigenvalue weighted by Crippen LogP contribution is 2.21. The summed E-state index contributed by atoms with van der Waals surface area (Å²) < 4.78 is 0. The lowest BCUT2D eigenvalue weighted by Gasteiger charge is -2.15. The van der Waals surface area contributed by atoms with Gasteiger partial charge in [0.2, 0.25) is 5.91 Å². The van der Waals surface area contributed by atoms with Crippen LogP contribution in [0.15, 0.2) is 54.6 Å². The van der Waals surface area contributed by atoms with Gasteiger partial charge in [0.15, 0.2) is 0 Å². The molecule has 3 nitrogen and oxygen atoms in total. The first-order chi connectivity index (χ1) is 10.2. The summed E-state index contributed by atoms with van der Waals surface area (Å²) in [6.45, 7) is 2.80. The van der Waals surface area contributed by atoms with Crippen LogP contribution in [0.2, 0.25) is 5.02 Å². The summed E-state index contributed by atoms with van der Waals surface area (Å²) in [5.41, 5.74) is 2.08. The van der Waals surface area contributed by atoms with E-state index in [1.165, 1.54) is 0 Å². The van der Waals surface area contributed by atoms with Gasteiger partial charge >= 0.3 is 0 Å². The average molecular weight is 303 g/mol. The zero-order chi connectivity index (χ0) is 15.1. The van der Waals surface area contributed by atoms with E-state index in [4.69, 9.17) is 11.6 Å². The Bertz CT molecular complexity index is 586. The van der Waals surface area contributed by atoms with Gasteiger partial charge in [0, 0.05) is 17.6 Å². The number of rotatable bonds is 6. The molecule has 0 saturated carbocycles. The van der Waals surface area contributed by atoms with Crippen LogP contribution in [0.4, 0.5) is 0 Å². The molecule has 0 radical (unpaired) electrons. The summed E-state index contributed by atoms with van der Waals surface area (Å²) in [7, 11) is 0. The number of halogens is 1. The molecule has 0 bridgehead atoms. The van der Waals surface area contributed by atoms with Gasteiger partial charge in [0.1, 0.15) is 0 Å². The molecule has 0 aliphatic carbocycles. The molecule has 2 aromatic rings. The quantitative estimate of drug-likeness (QED) is 0.859. The maximum Gasteiger partial charge on any atom is 0.234 e. The molecule has 110 valence electrons. The minimum Gasteiger partial charge on any atom is -0.351 e. The van der Waals surface area contributed by atoms with Gasteiger partial charge in [-0.3, -0.25) is 4.79 Å². The predicted molar refractivity (Wildman–Crippen MR) is 86.2 cm³/mol. The third kappa shape index (κ3) is 4.88. The van der Waals surface area contributed by atoms with Crippen LogP contribution in [0, 0.1) is 0 Å². The number of nitrogens with one attached hydrogen (secondary N) is 2. The SMILES string of the molecule is C[C@H](NCC(=O)NCc1ccccc1)c1ccccc1Cl. The van der Waals surface area contributed by atoms with Gasteiger partial charge in [0.05, 0.1) is 6.54 Å².